The van der Waals surface area contributed by atoms with Crippen LogP contribution in [-0.2, 0) is 25.8 Å². The van der Waals surface area contributed by atoms with Gasteiger partial charge in [0.1, 0.15) is 34.4 Å². The number of carboxylic acid groups (broad SMARTS) is 1. The van der Waals surface area contributed by atoms with Gasteiger partial charge in [0.05, 0.1) is 0 Å². The molecule has 0 saturated carbocycles. The molecule has 0 bridgehead atoms. The highest BCUT2D eigenvalue weighted by molar-refractivity contribution is 8.01. The number of amides is 2. The molecule has 1 unspecified atom stereocenters. The van der Waals surface area contributed by atoms with Crippen LogP contribution < -0.4 is 22.5 Å². The number of carbonyl (C=O) groups is 3. The molecule has 4 rings (SSSR count). The zero-order chi connectivity index (χ0) is 26.5. The van der Waals surface area contributed by atoms with Crippen molar-refractivity contribution >= 4 is 74.8 Å². The minimum Gasteiger partial charge on any atom is -0.477 e. The van der Waals surface area contributed by atoms with Gasteiger partial charge in [-0.25, -0.2) is 9.78 Å². The van der Waals surface area contributed by atoms with Gasteiger partial charge in [0.25, 0.3) is 11.8 Å². The number of nitrogens with two attached hydrogens (primary N) is 3. The van der Waals surface area contributed by atoms with Crippen LogP contribution in [-0.4, -0.2) is 84.8 Å². The molecule has 2 aliphatic heterocycles. The molecule has 18 heteroatoms. The third kappa shape index (κ3) is 6.04. The predicted octanol–water partition coefficient (Wildman–Crippen LogP) is -0.364. The van der Waals surface area contributed by atoms with Crippen LogP contribution in [0.4, 0.5) is 5.13 Å². The standard InChI is InChI=1S/C19H23N9O5S4/c20-2-1-3-33-27-11(9-7-35-18(22)23-9)14(29)24-12-15(30)28-13(17(31)32)8(5-34-16(12)28)6-36-19-26-25-10(4-21)37-19/h7,12,16H,1-6,20-21H2,(H2,22,23)(H,24,29)(H,31,32)/t12?,16-/m0/s1. The van der Waals surface area contributed by atoms with Gasteiger partial charge in [-0.3, -0.25) is 14.5 Å². The number of oxime groups is 1. The molecule has 1 saturated heterocycles. The molecule has 2 aromatic heterocycles. The van der Waals surface area contributed by atoms with E-state index in [0.717, 1.165) is 11.3 Å². The average Bonchev–Trinajstić information content (AvgIpc) is 3.53. The molecule has 0 spiro atoms. The van der Waals surface area contributed by atoms with Gasteiger partial charge < -0.3 is 32.5 Å². The number of nitrogen functional groups attached to an aromatic ring is 1. The molecule has 37 heavy (non-hydrogen) atoms. The lowest BCUT2D eigenvalue weighted by molar-refractivity contribution is -0.150. The highest BCUT2D eigenvalue weighted by Gasteiger charge is 2.54. The van der Waals surface area contributed by atoms with Crippen molar-refractivity contribution in [2.24, 2.45) is 16.6 Å². The summed E-state index contributed by atoms with van der Waals surface area (Å²) in [6.07, 6.45) is 0.532. The molecule has 0 radical (unpaired) electrons. The maximum atomic E-state index is 13.1. The summed E-state index contributed by atoms with van der Waals surface area (Å²) in [5.41, 5.74) is 17.3. The fourth-order valence-corrected chi connectivity index (χ4v) is 7.20. The first-order chi connectivity index (χ1) is 17.8. The Bertz CT molecular complexity index is 1250. The van der Waals surface area contributed by atoms with Crippen molar-refractivity contribution in [1.82, 2.24) is 25.4 Å². The number of hydrogen-bond acceptors (Lipinski definition) is 15. The molecule has 2 atom stereocenters. The average molecular weight is 586 g/mol. The van der Waals surface area contributed by atoms with Crippen LogP contribution in [0.2, 0.25) is 0 Å². The molecule has 8 N–H and O–H groups in total. The zero-order valence-corrected chi connectivity index (χ0v) is 22.4. The molecule has 4 heterocycles. The van der Waals surface area contributed by atoms with Gasteiger partial charge in [0, 0.05) is 23.4 Å². The number of nitrogens with one attached hydrogen (secondary N) is 1. The maximum absolute atomic E-state index is 13.1. The van der Waals surface area contributed by atoms with Crippen molar-refractivity contribution in [3.05, 3.63) is 27.4 Å². The summed E-state index contributed by atoms with van der Waals surface area (Å²) in [5, 5.41) is 26.3. The first-order valence-corrected chi connectivity index (χ1v) is 14.5. The van der Waals surface area contributed by atoms with Crippen molar-refractivity contribution in [2.45, 2.75) is 28.7 Å². The summed E-state index contributed by atoms with van der Waals surface area (Å²) < 4.78 is 0.660. The third-order valence-electron chi connectivity index (χ3n) is 5.10. The molecule has 1 fully saturated rings. The number of β-lactam (4-membered cyclic amide) rings is 1. The number of nitrogens with zero attached hydrogens (tertiary/aromatic N) is 5. The Balaban J connectivity index is 1.46. The zero-order valence-electron chi connectivity index (χ0n) is 19.2. The van der Waals surface area contributed by atoms with E-state index in [1.54, 1.807) is 5.38 Å². The number of hydrogen-bond donors (Lipinski definition) is 5. The van der Waals surface area contributed by atoms with Gasteiger partial charge in [-0.2, -0.15) is 0 Å². The number of aromatic nitrogens is 3. The second-order valence-electron chi connectivity index (χ2n) is 7.56. The van der Waals surface area contributed by atoms with Gasteiger partial charge in [-0.1, -0.05) is 28.3 Å². The number of rotatable bonds is 12. The molecular formula is C19H23N9O5S4. The van der Waals surface area contributed by atoms with E-state index in [4.69, 9.17) is 22.0 Å². The third-order valence-corrected chi connectivity index (χ3v) is 9.28. The van der Waals surface area contributed by atoms with Crippen molar-refractivity contribution in [2.75, 3.05) is 30.4 Å². The SMILES string of the molecule is NCCCON=C(C(=O)NC1C(=O)N2C(C(=O)O)=C(CSc3nnc(CN)s3)CS[C@@H]12)c1csc(N)n1. The van der Waals surface area contributed by atoms with E-state index in [2.05, 4.69) is 25.7 Å². The van der Waals surface area contributed by atoms with Crippen LogP contribution in [0.5, 0.6) is 0 Å². The lowest BCUT2D eigenvalue weighted by Gasteiger charge is -2.49. The van der Waals surface area contributed by atoms with Crippen LogP contribution in [0.3, 0.4) is 0 Å². The van der Waals surface area contributed by atoms with E-state index in [0.29, 0.717) is 39.4 Å². The minimum absolute atomic E-state index is 0.0819. The highest BCUT2D eigenvalue weighted by atomic mass is 32.2. The van der Waals surface area contributed by atoms with Gasteiger partial charge >= 0.3 is 5.97 Å². The Hall–Kier alpha value is -2.77. The summed E-state index contributed by atoms with van der Waals surface area (Å²) >= 11 is 5.15. The van der Waals surface area contributed by atoms with Crippen molar-refractivity contribution in [3.8, 4) is 0 Å². The quantitative estimate of drug-likeness (QED) is 0.0706. The van der Waals surface area contributed by atoms with Crippen LogP contribution in [0, 0.1) is 0 Å². The van der Waals surface area contributed by atoms with Crippen molar-refractivity contribution in [1.29, 1.82) is 0 Å². The maximum Gasteiger partial charge on any atom is 0.352 e. The number of thiazole rings is 1. The number of aliphatic carboxylic acids is 1. The second-order valence-corrected chi connectivity index (χ2v) is 11.8. The van der Waals surface area contributed by atoms with E-state index in [1.165, 1.54) is 39.8 Å². The van der Waals surface area contributed by atoms with E-state index in [1.807, 2.05) is 0 Å². The van der Waals surface area contributed by atoms with Crippen LogP contribution in [0.15, 0.2) is 26.1 Å². The van der Waals surface area contributed by atoms with Crippen molar-refractivity contribution < 1.29 is 24.3 Å². The first kappa shape index (κ1) is 27.3. The van der Waals surface area contributed by atoms with Crippen LogP contribution in [0.1, 0.15) is 17.1 Å². The lowest BCUT2D eigenvalue weighted by Crippen LogP contribution is -2.71. The summed E-state index contributed by atoms with van der Waals surface area (Å²) in [5.74, 6) is -1.75. The highest BCUT2D eigenvalue weighted by Crippen LogP contribution is 2.41. The fraction of sp³-hybridized carbons (Fsp3) is 0.421. The predicted molar refractivity (Wildman–Crippen MR) is 141 cm³/mol. The van der Waals surface area contributed by atoms with Gasteiger partial charge in [-0.15, -0.1) is 33.3 Å². The topological polar surface area (TPSA) is 225 Å². The summed E-state index contributed by atoms with van der Waals surface area (Å²) in [6.45, 7) is 0.859. The van der Waals surface area contributed by atoms with Gasteiger partial charge in [0.2, 0.25) is 0 Å². The number of thioether (sulfide) groups is 2. The molecule has 0 aromatic carbocycles. The van der Waals surface area contributed by atoms with E-state index in [-0.39, 0.29) is 35.4 Å². The first-order valence-electron chi connectivity index (χ1n) is 10.8. The molecule has 0 aliphatic carbocycles. The van der Waals surface area contributed by atoms with Crippen LogP contribution >= 0.6 is 46.2 Å². The smallest absolute Gasteiger partial charge is 0.352 e. The van der Waals surface area contributed by atoms with Gasteiger partial charge in [0.15, 0.2) is 15.2 Å². The van der Waals surface area contributed by atoms with Crippen LogP contribution in [0.25, 0.3) is 0 Å². The Morgan fingerprint density at radius 2 is 2.16 bits per heavy atom. The summed E-state index contributed by atoms with van der Waals surface area (Å²) in [7, 11) is 0. The Morgan fingerprint density at radius 3 is 2.81 bits per heavy atom. The molecule has 14 nitrogen and oxygen atoms in total. The fourth-order valence-electron chi connectivity index (χ4n) is 3.39. The molecule has 2 amide bonds. The Labute approximate surface area is 227 Å². The number of anilines is 1. The monoisotopic (exact) mass is 585 g/mol. The molecule has 198 valence electrons. The van der Waals surface area contributed by atoms with E-state index in [9.17, 15) is 19.5 Å². The minimum atomic E-state index is -1.22. The van der Waals surface area contributed by atoms with E-state index < -0.39 is 29.2 Å². The molecular weight excluding hydrogens is 563 g/mol. The number of carboxylic acids is 1. The summed E-state index contributed by atoms with van der Waals surface area (Å²) in [6, 6.07) is -0.943. The van der Waals surface area contributed by atoms with Crippen molar-refractivity contribution in [3.63, 3.8) is 0 Å². The van der Waals surface area contributed by atoms with Gasteiger partial charge in [-0.05, 0) is 18.5 Å². The molecule has 2 aromatic rings. The molecule has 2 aliphatic rings. The lowest BCUT2D eigenvalue weighted by atomic mass is 10.0. The summed E-state index contributed by atoms with van der Waals surface area (Å²) in [4.78, 5) is 48.6. The van der Waals surface area contributed by atoms with E-state index >= 15 is 0 Å². The Kier molecular flexibility index (Phi) is 8.98. The second kappa shape index (κ2) is 12.2. The Morgan fingerprint density at radius 1 is 1.35 bits per heavy atom. The number of fused-ring (bicyclic) bond motifs is 1. The normalized spacial score (nSPS) is 19.5. The number of carbonyl (C=O) groups excluding carboxylic acids is 2. The largest absolute Gasteiger partial charge is 0.477 e.